The monoisotopic (exact) mass is 658 g/mol. The Morgan fingerprint density at radius 2 is 1.52 bits per heavy atom. The van der Waals surface area contributed by atoms with E-state index in [-0.39, 0.29) is 41.4 Å². The van der Waals surface area contributed by atoms with E-state index in [1.807, 2.05) is 36.6 Å². The topological polar surface area (TPSA) is 126 Å². The third kappa shape index (κ3) is 6.84. The Morgan fingerprint density at radius 3 is 2.08 bits per heavy atom. The summed E-state index contributed by atoms with van der Waals surface area (Å²) in [5.41, 5.74) is 1.53. The molecule has 12 nitrogen and oxygen atoms in total. The number of piperazine rings is 1. The summed E-state index contributed by atoms with van der Waals surface area (Å²) in [6.07, 6.45) is 8.90. The Hall–Kier alpha value is -4.22. The second kappa shape index (κ2) is 12.7. The molecule has 2 atom stereocenters. The molecule has 3 amide bonds. The minimum atomic E-state index is -0.564. The normalized spacial score (nSPS) is 22.9. The van der Waals surface area contributed by atoms with Crippen LogP contribution < -0.4 is 5.32 Å². The Bertz CT molecular complexity index is 1660. The quantitative estimate of drug-likeness (QED) is 0.340. The van der Waals surface area contributed by atoms with Crippen LogP contribution in [0.25, 0.3) is 11.0 Å². The van der Waals surface area contributed by atoms with Gasteiger partial charge in [0.15, 0.2) is 0 Å². The van der Waals surface area contributed by atoms with Gasteiger partial charge in [-0.2, -0.15) is 4.98 Å². The molecule has 3 aromatic heterocycles. The summed E-state index contributed by atoms with van der Waals surface area (Å²) in [6, 6.07) is 5.47. The Labute approximate surface area is 283 Å². The van der Waals surface area contributed by atoms with Crippen molar-refractivity contribution in [2.45, 2.75) is 104 Å². The third-order valence-corrected chi connectivity index (χ3v) is 10.1. The number of rotatable bonds is 5. The van der Waals surface area contributed by atoms with Crippen molar-refractivity contribution in [3.05, 3.63) is 41.9 Å². The van der Waals surface area contributed by atoms with Crippen LogP contribution in [0.3, 0.4) is 0 Å². The van der Waals surface area contributed by atoms with E-state index in [4.69, 9.17) is 9.72 Å². The molecule has 2 aliphatic heterocycles. The van der Waals surface area contributed by atoms with E-state index in [1.165, 1.54) is 0 Å². The van der Waals surface area contributed by atoms with E-state index in [2.05, 4.69) is 40.6 Å². The fraction of sp³-hybridized carbons (Fsp3) is 0.611. The van der Waals surface area contributed by atoms with Crippen molar-refractivity contribution in [3.63, 3.8) is 0 Å². The smallest absolute Gasteiger partial charge is 0.410 e. The molecule has 2 saturated heterocycles. The van der Waals surface area contributed by atoms with Gasteiger partial charge in [0, 0.05) is 51.0 Å². The number of carbonyl (C=O) groups is 3. The fourth-order valence-corrected chi connectivity index (χ4v) is 7.60. The first-order valence-corrected chi connectivity index (χ1v) is 17.2. The highest BCUT2D eigenvalue weighted by atomic mass is 16.6. The molecule has 0 spiro atoms. The van der Waals surface area contributed by atoms with E-state index < -0.39 is 5.60 Å². The van der Waals surface area contributed by atoms with Gasteiger partial charge in [0.25, 0.3) is 11.8 Å². The number of anilines is 2. The molecule has 0 radical (unpaired) electrons. The zero-order chi connectivity index (χ0) is 34.5. The molecule has 0 aromatic carbocycles. The summed E-state index contributed by atoms with van der Waals surface area (Å²) in [5.74, 6) is 1.36. The third-order valence-electron chi connectivity index (χ3n) is 10.1. The minimum Gasteiger partial charge on any atom is -0.444 e. The van der Waals surface area contributed by atoms with Crippen LogP contribution in [0.15, 0.2) is 30.6 Å². The van der Waals surface area contributed by atoms with E-state index in [1.54, 1.807) is 43.5 Å². The molecular formula is C36H50N8O4. The van der Waals surface area contributed by atoms with Crippen molar-refractivity contribution in [2.75, 3.05) is 32.5 Å². The summed E-state index contributed by atoms with van der Waals surface area (Å²) < 4.78 is 7.75. The zero-order valence-corrected chi connectivity index (χ0v) is 29.6. The second-order valence-electron chi connectivity index (χ2n) is 16.0. The lowest BCUT2D eigenvalue weighted by Crippen LogP contribution is -2.57. The van der Waals surface area contributed by atoms with Crippen molar-refractivity contribution in [1.29, 1.82) is 0 Å². The predicted molar refractivity (Wildman–Crippen MR) is 184 cm³/mol. The Morgan fingerprint density at radius 1 is 0.875 bits per heavy atom. The van der Waals surface area contributed by atoms with Crippen LogP contribution in [0.5, 0.6) is 0 Å². The first-order valence-electron chi connectivity index (χ1n) is 17.2. The van der Waals surface area contributed by atoms with Crippen LogP contribution in [-0.4, -0.2) is 97.0 Å². The maximum Gasteiger partial charge on any atom is 0.410 e. The molecule has 3 fully saturated rings. The number of fused-ring (bicyclic) bond motifs is 3. The predicted octanol–water partition coefficient (Wildman–Crippen LogP) is 6.27. The van der Waals surface area contributed by atoms with Crippen LogP contribution in [0, 0.1) is 11.3 Å². The second-order valence-corrected chi connectivity index (χ2v) is 16.0. The summed E-state index contributed by atoms with van der Waals surface area (Å²) in [4.78, 5) is 58.8. The number of nitrogens with one attached hydrogen (secondary N) is 1. The van der Waals surface area contributed by atoms with E-state index in [9.17, 15) is 14.4 Å². The zero-order valence-electron chi connectivity index (χ0n) is 29.6. The number of hydrogen-bond acceptors (Lipinski definition) is 8. The van der Waals surface area contributed by atoms with Gasteiger partial charge in [-0.3, -0.25) is 14.5 Å². The van der Waals surface area contributed by atoms with Gasteiger partial charge < -0.3 is 24.4 Å². The molecule has 1 aliphatic carbocycles. The number of ether oxygens (including phenoxy) is 1. The van der Waals surface area contributed by atoms with Gasteiger partial charge in [-0.1, -0.05) is 20.8 Å². The highest BCUT2D eigenvalue weighted by Gasteiger charge is 2.45. The maximum absolute atomic E-state index is 13.5. The standard InChI is InChI=1S/C36H50N8O4/c1-35(2,3)24-10-12-25(13-11-24)44-28(32(46)41(7)8)17-23-19-38-33(40-30(23)44)39-29-16-9-22(18-37-29)31(45)42-20-26-14-15-27(21-42)43(26)34(47)48-36(4,5)6/h9,16-19,24-27H,10-15,20-21H2,1-8H3,(H,37,38,39,40). The average molecular weight is 659 g/mol. The van der Waals surface area contributed by atoms with Gasteiger partial charge in [-0.05, 0) is 88.8 Å². The molecule has 1 N–H and O–H groups in total. The summed E-state index contributed by atoms with van der Waals surface area (Å²) >= 11 is 0. The molecule has 2 unspecified atom stereocenters. The molecule has 3 aliphatic rings. The van der Waals surface area contributed by atoms with Gasteiger partial charge in [0.1, 0.15) is 22.8 Å². The van der Waals surface area contributed by atoms with E-state index >= 15 is 0 Å². The van der Waals surface area contributed by atoms with Gasteiger partial charge in [-0.15, -0.1) is 0 Å². The lowest BCUT2D eigenvalue weighted by atomic mass is 9.71. The summed E-state index contributed by atoms with van der Waals surface area (Å²) in [6.45, 7) is 13.5. The van der Waals surface area contributed by atoms with Crippen LogP contribution in [0.2, 0.25) is 0 Å². The number of carbonyl (C=O) groups excluding carboxylic acids is 3. The molecule has 6 rings (SSSR count). The van der Waals surface area contributed by atoms with Crippen LogP contribution in [-0.2, 0) is 4.74 Å². The highest BCUT2D eigenvalue weighted by Crippen LogP contribution is 2.43. The van der Waals surface area contributed by atoms with Gasteiger partial charge >= 0.3 is 6.09 Å². The molecule has 3 aromatic rings. The first kappa shape index (κ1) is 33.7. The van der Waals surface area contributed by atoms with Gasteiger partial charge in [-0.25, -0.2) is 14.8 Å². The number of hydrogen-bond donors (Lipinski definition) is 1. The van der Waals surface area contributed by atoms with Crippen LogP contribution >= 0.6 is 0 Å². The minimum absolute atomic E-state index is 0.0514. The largest absolute Gasteiger partial charge is 0.444 e. The number of likely N-dealkylation sites (tertiary alicyclic amines) is 1. The van der Waals surface area contributed by atoms with Gasteiger partial charge in [0.05, 0.1) is 17.6 Å². The number of pyridine rings is 1. The van der Waals surface area contributed by atoms with Crippen LogP contribution in [0.4, 0.5) is 16.6 Å². The summed E-state index contributed by atoms with van der Waals surface area (Å²) in [5, 5.41) is 4.01. The maximum atomic E-state index is 13.5. The molecule has 12 heteroatoms. The molecule has 48 heavy (non-hydrogen) atoms. The SMILES string of the molecule is CN(C)C(=O)c1cc2cnc(Nc3ccc(C(=O)N4CC5CCC(C4)N5C(=O)OC(C)(C)C)cn3)nc2n1C1CCC(C(C)(C)C)CC1. The van der Waals surface area contributed by atoms with Crippen molar-refractivity contribution < 1.29 is 19.1 Å². The van der Waals surface area contributed by atoms with Crippen molar-refractivity contribution in [3.8, 4) is 0 Å². The molecule has 258 valence electrons. The number of aromatic nitrogens is 4. The molecule has 1 saturated carbocycles. The Kier molecular flexibility index (Phi) is 8.89. The van der Waals surface area contributed by atoms with Crippen molar-refractivity contribution >= 4 is 40.7 Å². The van der Waals surface area contributed by atoms with Crippen LogP contribution in [0.1, 0.15) is 107 Å². The van der Waals surface area contributed by atoms with E-state index in [0.717, 1.165) is 49.6 Å². The molecular weight excluding hydrogens is 608 g/mol. The van der Waals surface area contributed by atoms with E-state index in [0.29, 0.717) is 42.0 Å². The van der Waals surface area contributed by atoms with Crippen molar-refractivity contribution in [2.24, 2.45) is 11.3 Å². The lowest BCUT2D eigenvalue weighted by molar-refractivity contribution is -0.00336. The number of nitrogens with zero attached hydrogens (tertiary/aromatic N) is 7. The summed E-state index contributed by atoms with van der Waals surface area (Å²) in [7, 11) is 3.54. The molecule has 2 bridgehead atoms. The number of amides is 3. The lowest BCUT2D eigenvalue weighted by Gasteiger charge is -2.41. The highest BCUT2D eigenvalue weighted by molar-refractivity contribution is 5.98. The van der Waals surface area contributed by atoms with Crippen molar-refractivity contribution in [1.82, 2.24) is 34.2 Å². The van der Waals surface area contributed by atoms with Gasteiger partial charge in [0.2, 0.25) is 5.95 Å². The Balaban J connectivity index is 1.17. The molecule has 5 heterocycles. The first-order chi connectivity index (χ1) is 22.6. The fourth-order valence-electron chi connectivity index (χ4n) is 7.60. The average Bonchev–Trinajstić information content (AvgIpc) is 3.53.